The van der Waals surface area contributed by atoms with Crippen molar-refractivity contribution in [1.29, 1.82) is 0 Å². The highest BCUT2D eigenvalue weighted by Gasteiger charge is 2.41. The van der Waals surface area contributed by atoms with Crippen LogP contribution in [0.4, 0.5) is 13.2 Å². The minimum absolute atomic E-state index is 0.179. The number of carbonyl (C=O) groups is 2. The average molecular weight is 357 g/mol. The fourth-order valence-corrected chi connectivity index (χ4v) is 2.96. The maximum atomic E-state index is 12.6. The molecule has 1 atom stereocenters. The minimum atomic E-state index is -4.46. The van der Waals surface area contributed by atoms with E-state index in [9.17, 15) is 22.8 Å². The molecular weight excluding hydrogens is 335 g/mol. The molecule has 1 aromatic rings. The molecule has 1 aliphatic rings. The molecule has 0 radical (unpaired) electrons. The minimum Gasteiger partial charge on any atom is -0.341 e. The number of carbonyl (C=O) groups excluding carboxylic acids is 2. The summed E-state index contributed by atoms with van der Waals surface area (Å²) in [5.74, 6) is -1.68. The summed E-state index contributed by atoms with van der Waals surface area (Å²) in [4.78, 5) is 26.6. The van der Waals surface area contributed by atoms with E-state index in [1.165, 1.54) is 0 Å². The summed E-state index contributed by atoms with van der Waals surface area (Å²) in [6, 6.07) is 9.57. The molecular formula is C17H22F3N3O2. The number of rotatable bonds is 7. The van der Waals surface area contributed by atoms with E-state index in [0.717, 1.165) is 5.56 Å². The van der Waals surface area contributed by atoms with E-state index in [2.05, 4.69) is 0 Å². The lowest BCUT2D eigenvalue weighted by atomic mass is 10.1. The molecule has 1 aliphatic heterocycles. The van der Waals surface area contributed by atoms with Crippen LogP contribution in [0.1, 0.15) is 12.0 Å². The van der Waals surface area contributed by atoms with Crippen LogP contribution < -0.4 is 5.73 Å². The quantitative estimate of drug-likeness (QED) is 0.803. The Morgan fingerprint density at radius 1 is 1.24 bits per heavy atom. The van der Waals surface area contributed by atoms with Gasteiger partial charge in [-0.05, 0) is 12.0 Å². The monoisotopic (exact) mass is 357 g/mol. The number of halogens is 3. The molecule has 1 fully saturated rings. The lowest BCUT2D eigenvalue weighted by Gasteiger charge is -2.25. The van der Waals surface area contributed by atoms with Gasteiger partial charge in [0.25, 0.3) is 0 Å². The number of benzene rings is 1. The van der Waals surface area contributed by atoms with Crippen molar-refractivity contribution >= 4 is 11.8 Å². The summed E-state index contributed by atoms with van der Waals surface area (Å²) < 4.78 is 37.5. The van der Waals surface area contributed by atoms with Gasteiger partial charge in [0.05, 0.1) is 5.92 Å². The Morgan fingerprint density at radius 3 is 2.52 bits per heavy atom. The highest BCUT2D eigenvalue weighted by atomic mass is 19.4. The molecule has 0 bridgehead atoms. The molecule has 1 heterocycles. The molecule has 0 aromatic heterocycles. The topological polar surface area (TPSA) is 66.6 Å². The first-order chi connectivity index (χ1) is 11.8. The summed E-state index contributed by atoms with van der Waals surface area (Å²) in [5.41, 5.74) is 6.61. The molecule has 1 aromatic carbocycles. The van der Waals surface area contributed by atoms with Crippen LogP contribution in [-0.4, -0.2) is 60.5 Å². The lowest BCUT2D eigenvalue weighted by molar-refractivity contribution is -0.157. The number of alkyl halides is 3. The zero-order chi connectivity index (χ0) is 18.4. The molecule has 0 saturated carbocycles. The van der Waals surface area contributed by atoms with Gasteiger partial charge in [-0.15, -0.1) is 0 Å². The fraction of sp³-hybridized carbons (Fsp3) is 0.529. The molecule has 2 amide bonds. The number of likely N-dealkylation sites (tertiary alicyclic amines) is 1. The first-order valence-electron chi connectivity index (χ1n) is 8.17. The van der Waals surface area contributed by atoms with E-state index in [1.807, 2.05) is 30.3 Å². The van der Waals surface area contributed by atoms with Crippen LogP contribution in [0.5, 0.6) is 0 Å². The van der Waals surface area contributed by atoms with E-state index in [-0.39, 0.29) is 25.4 Å². The third-order valence-corrected chi connectivity index (χ3v) is 4.16. The zero-order valence-corrected chi connectivity index (χ0v) is 13.8. The molecule has 0 aliphatic carbocycles. The van der Waals surface area contributed by atoms with E-state index in [1.54, 1.807) is 4.90 Å². The van der Waals surface area contributed by atoms with Crippen LogP contribution in [0.3, 0.4) is 0 Å². The summed E-state index contributed by atoms with van der Waals surface area (Å²) in [6.07, 6.45) is -4.02. The molecule has 25 heavy (non-hydrogen) atoms. The Morgan fingerprint density at radius 2 is 1.92 bits per heavy atom. The summed E-state index contributed by atoms with van der Waals surface area (Å²) in [7, 11) is 0. The van der Waals surface area contributed by atoms with Gasteiger partial charge in [-0.25, -0.2) is 0 Å². The van der Waals surface area contributed by atoms with Gasteiger partial charge in [0, 0.05) is 32.6 Å². The van der Waals surface area contributed by atoms with E-state index in [0.29, 0.717) is 24.4 Å². The third kappa shape index (κ3) is 5.74. The van der Waals surface area contributed by atoms with Gasteiger partial charge in [0.15, 0.2) is 0 Å². The number of nitrogens with two attached hydrogens (primary N) is 1. The predicted octanol–water partition coefficient (Wildman–Crippen LogP) is 1.43. The Labute approximate surface area is 144 Å². The lowest BCUT2D eigenvalue weighted by Crippen LogP contribution is -2.42. The number of nitrogens with zero attached hydrogens (tertiary/aromatic N) is 2. The van der Waals surface area contributed by atoms with Gasteiger partial charge in [-0.2, -0.15) is 13.2 Å². The largest absolute Gasteiger partial charge is 0.406 e. The van der Waals surface area contributed by atoms with Gasteiger partial charge in [0.2, 0.25) is 11.8 Å². The first kappa shape index (κ1) is 19.2. The van der Waals surface area contributed by atoms with Gasteiger partial charge >= 0.3 is 6.18 Å². The van der Waals surface area contributed by atoms with Crippen molar-refractivity contribution in [2.24, 2.45) is 11.7 Å². The highest BCUT2D eigenvalue weighted by Crippen LogP contribution is 2.25. The van der Waals surface area contributed by atoms with E-state index >= 15 is 0 Å². The summed E-state index contributed by atoms with van der Waals surface area (Å²) in [6.45, 7) is -0.507. The SMILES string of the molecule is NCCN(CCc1ccccc1)C(=O)C1CC(=O)N(CC(F)(F)F)C1. The maximum Gasteiger partial charge on any atom is 0.406 e. The average Bonchev–Trinajstić information content (AvgIpc) is 2.91. The summed E-state index contributed by atoms with van der Waals surface area (Å²) >= 11 is 0. The Kier molecular flexibility index (Phi) is 6.41. The second-order valence-electron chi connectivity index (χ2n) is 6.14. The normalized spacial score (nSPS) is 17.8. The smallest absolute Gasteiger partial charge is 0.341 e. The standard InChI is InChI=1S/C17H22F3N3O2/c18-17(19,20)12-23-11-14(10-15(23)24)16(25)22(9-7-21)8-6-13-4-2-1-3-5-13/h1-5,14H,6-12,21H2. The van der Waals surface area contributed by atoms with Crippen molar-refractivity contribution < 1.29 is 22.8 Å². The van der Waals surface area contributed by atoms with Crippen LogP contribution in [0.15, 0.2) is 30.3 Å². The van der Waals surface area contributed by atoms with Crippen molar-refractivity contribution in [2.45, 2.75) is 19.0 Å². The van der Waals surface area contributed by atoms with Crippen molar-refractivity contribution in [2.75, 3.05) is 32.7 Å². The van der Waals surface area contributed by atoms with Crippen LogP contribution in [0, 0.1) is 5.92 Å². The second-order valence-corrected chi connectivity index (χ2v) is 6.14. The highest BCUT2D eigenvalue weighted by molar-refractivity contribution is 5.89. The number of amides is 2. The van der Waals surface area contributed by atoms with Crippen molar-refractivity contribution in [3.63, 3.8) is 0 Å². The van der Waals surface area contributed by atoms with Crippen LogP contribution in [-0.2, 0) is 16.0 Å². The van der Waals surface area contributed by atoms with Crippen molar-refractivity contribution in [1.82, 2.24) is 9.80 Å². The molecule has 2 N–H and O–H groups in total. The Bertz CT molecular complexity index is 593. The van der Waals surface area contributed by atoms with Crippen LogP contribution in [0.2, 0.25) is 0 Å². The Hall–Kier alpha value is -2.09. The van der Waals surface area contributed by atoms with Crippen LogP contribution in [0.25, 0.3) is 0 Å². The van der Waals surface area contributed by atoms with Crippen molar-refractivity contribution in [3.05, 3.63) is 35.9 Å². The predicted molar refractivity (Wildman–Crippen MR) is 86.5 cm³/mol. The molecule has 1 saturated heterocycles. The zero-order valence-electron chi connectivity index (χ0n) is 13.8. The van der Waals surface area contributed by atoms with Gasteiger partial charge in [-0.3, -0.25) is 9.59 Å². The van der Waals surface area contributed by atoms with Gasteiger partial charge < -0.3 is 15.5 Å². The fourth-order valence-electron chi connectivity index (χ4n) is 2.96. The molecule has 138 valence electrons. The Balaban J connectivity index is 1.96. The van der Waals surface area contributed by atoms with Gasteiger partial charge in [0.1, 0.15) is 6.54 Å². The maximum absolute atomic E-state index is 12.6. The third-order valence-electron chi connectivity index (χ3n) is 4.16. The first-order valence-corrected chi connectivity index (χ1v) is 8.17. The molecule has 8 heteroatoms. The molecule has 1 unspecified atom stereocenters. The second kappa shape index (κ2) is 8.33. The van der Waals surface area contributed by atoms with E-state index < -0.39 is 24.5 Å². The number of hydrogen-bond donors (Lipinski definition) is 1. The van der Waals surface area contributed by atoms with E-state index in [4.69, 9.17) is 5.73 Å². The van der Waals surface area contributed by atoms with Crippen molar-refractivity contribution in [3.8, 4) is 0 Å². The number of hydrogen-bond acceptors (Lipinski definition) is 3. The molecule has 0 spiro atoms. The van der Waals surface area contributed by atoms with Gasteiger partial charge in [-0.1, -0.05) is 30.3 Å². The molecule has 2 rings (SSSR count). The molecule has 5 nitrogen and oxygen atoms in total. The van der Waals surface area contributed by atoms with Crippen LogP contribution >= 0.6 is 0 Å². The summed E-state index contributed by atoms with van der Waals surface area (Å²) in [5, 5.41) is 0.